The smallest absolute Gasteiger partial charge is 0.0320 e. The van der Waals surface area contributed by atoms with Crippen LogP contribution in [0.3, 0.4) is 0 Å². The highest BCUT2D eigenvalue weighted by Gasteiger charge is 2.12. The van der Waals surface area contributed by atoms with Gasteiger partial charge in [-0.1, -0.05) is 58.4 Å². The molecule has 15 heavy (non-hydrogen) atoms. The molecule has 0 aromatic heterocycles. The van der Waals surface area contributed by atoms with Gasteiger partial charge < -0.3 is 5.73 Å². The van der Waals surface area contributed by atoms with Crippen LogP contribution in [0.1, 0.15) is 57.2 Å². The molecule has 0 fully saturated rings. The molecule has 84 valence electrons. The molecule has 0 heterocycles. The Bertz CT molecular complexity index is 287. The van der Waals surface area contributed by atoms with Crippen LogP contribution in [0.4, 0.5) is 0 Å². The van der Waals surface area contributed by atoms with Crippen molar-refractivity contribution in [3.8, 4) is 0 Å². The molecule has 1 aromatic carbocycles. The van der Waals surface area contributed by atoms with Gasteiger partial charge in [0.15, 0.2) is 0 Å². The molecule has 2 atom stereocenters. The molecular formula is C14H23N. The van der Waals surface area contributed by atoms with E-state index in [2.05, 4.69) is 52.0 Å². The summed E-state index contributed by atoms with van der Waals surface area (Å²) in [5.74, 6) is 1.15. The SMILES string of the molecule is CCC(C)[C@@H](N)c1ccc(C(C)C)cc1. The minimum absolute atomic E-state index is 0.177. The van der Waals surface area contributed by atoms with E-state index < -0.39 is 0 Å². The van der Waals surface area contributed by atoms with Crippen molar-refractivity contribution in [1.29, 1.82) is 0 Å². The van der Waals surface area contributed by atoms with Gasteiger partial charge in [-0.05, 0) is 23.0 Å². The van der Waals surface area contributed by atoms with Gasteiger partial charge in [-0.3, -0.25) is 0 Å². The molecule has 0 saturated heterocycles. The molecule has 1 nitrogen and oxygen atoms in total. The van der Waals surface area contributed by atoms with E-state index in [1.807, 2.05) is 0 Å². The number of nitrogens with two attached hydrogens (primary N) is 1. The van der Waals surface area contributed by atoms with Crippen LogP contribution in [0.25, 0.3) is 0 Å². The van der Waals surface area contributed by atoms with Crippen LogP contribution in [-0.2, 0) is 0 Å². The first-order valence-electron chi connectivity index (χ1n) is 5.91. The van der Waals surface area contributed by atoms with E-state index in [0.29, 0.717) is 11.8 Å². The summed E-state index contributed by atoms with van der Waals surface area (Å²) in [5, 5.41) is 0. The lowest BCUT2D eigenvalue weighted by Crippen LogP contribution is -2.18. The number of hydrogen-bond acceptors (Lipinski definition) is 1. The van der Waals surface area contributed by atoms with Crippen LogP contribution in [-0.4, -0.2) is 0 Å². The van der Waals surface area contributed by atoms with Crippen molar-refractivity contribution in [3.05, 3.63) is 35.4 Å². The molecule has 0 aliphatic heterocycles. The molecule has 0 aliphatic rings. The van der Waals surface area contributed by atoms with Crippen LogP contribution in [0.5, 0.6) is 0 Å². The molecule has 0 aliphatic carbocycles. The third kappa shape index (κ3) is 3.07. The Balaban J connectivity index is 2.79. The summed E-state index contributed by atoms with van der Waals surface area (Å²) in [6.07, 6.45) is 1.13. The van der Waals surface area contributed by atoms with Crippen molar-refractivity contribution in [3.63, 3.8) is 0 Å². The van der Waals surface area contributed by atoms with Crippen molar-refractivity contribution in [1.82, 2.24) is 0 Å². The lowest BCUT2D eigenvalue weighted by atomic mass is 9.92. The Morgan fingerprint density at radius 1 is 1.00 bits per heavy atom. The Kier molecular flexibility index (Phi) is 4.34. The Morgan fingerprint density at radius 2 is 1.47 bits per heavy atom. The molecule has 2 N–H and O–H groups in total. The summed E-state index contributed by atoms with van der Waals surface area (Å²) in [6, 6.07) is 8.92. The quantitative estimate of drug-likeness (QED) is 0.793. The summed E-state index contributed by atoms with van der Waals surface area (Å²) >= 11 is 0. The molecule has 1 unspecified atom stereocenters. The van der Waals surface area contributed by atoms with Gasteiger partial charge in [0.2, 0.25) is 0 Å². The molecule has 0 amide bonds. The monoisotopic (exact) mass is 205 g/mol. The zero-order valence-electron chi connectivity index (χ0n) is 10.3. The molecule has 0 radical (unpaired) electrons. The standard InChI is InChI=1S/C14H23N/c1-5-11(4)14(15)13-8-6-12(7-9-13)10(2)3/h6-11,14H,5,15H2,1-4H3/t11?,14-/m1/s1. The van der Waals surface area contributed by atoms with Crippen LogP contribution in [0, 0.1) is 5.92 Å². The second kappa shape index (κ2) is 5.32. The maximum Gasteiger partial charge on any atom is 0.0320 e. The third-order valence-corrected chi connectivity index (χ3v) is 3.25. The predicted octanol–water partition coefficient (Wildman–Crippen LogP) is 3.86. The van der Waals surface area contributed by atoms with Gasteiger partial charge in [0.1, 0.15) is 0 Å². The number of hydrogen-bond donors (Lipinski definition) is 1. The summed E-state index contributed by atoms with van der Waals surface area (Å²) in [5.41, 5.74) is 8.82. The van der Waals surface area contributed by atoms with Crippen molar-refractivity contribution >= 4 is 0 Å². The molecule has 1 aromatic rings. The average Bonchev–Trinajstić information content (AvgIpc) is 2.27. The van der Waals surface area contributed by atoms with Gasteiger partial charge in [0.25, 0.3) is 0 Å². The van der Waals surface area contributed by atoms with Crippen molar-refractivity contribution in [2.75, 3.05) is 0 Å². The first kappa shape index (κ1) is 12.3. The average molecular weight is 205 g/mol. The highest BCUT2D eigenvalue weighted by molar-refractivity contribution is 5.26. The van der Waals surface area contributed by atoms with E-state index in [1.165, 1.54) is 11.1 Å². The lowest BCUT2D eigenvalue weighted by Gasteiger charge is -2.19. The summed E-state index contributed by atoms with van der Waals surface area (Å²) < 4.78 is 0. The zero-order chi connectivity index (χ0) is 11.4. The fourth-order valence-electron chi connectivity index (χ4n) is 1.69. The molecule has 0 saturated carbocycles. The van der Waals surface area contributed by atoms with E-state index in [9.17, 15) is 0 Å². The fraction of sp³-hybridized carbons (Fsp3) is 0.571. The zero-order valence-corrected chi connectivity index (χ0v) is 10.3. The van der Waals surface area contributed by atoms with Gasteiger partial charge >= 0.3 is 0 Å². The molecule has 0 spiro atoms. The first-order chi connectivity index (χ1) is 7.06. The highest BCUT2D eigenvalue weighted by atomic mass is 14.6. The Labute approximate surface area is 93.7 Å². The predicted molar refractivity (Wildman–Crippen MR) is 66.9 cm³/mol. The largest absolute Gasteiger partial charge is 0.324 e. The molecule has 1 heteroatoms. The summed E-state index contributed by atoms with van der Waals surface area (Å²) in [4.78, 5) is 0. The maximum absolute atomic E-state index is 6.18. The molecular weight excluding hydrogens is 182 g/mol. The Morgan fingerprint density at radius 3 is 1.87 bits per heavy atom. The first-order valence-corrected chi connectivity index (χ1v) is 5.91. The number of rotatable bonds is 4. The minimum atomic E-state index is 0.177. The third-order valence-electron chi connectivity index (χ3n) is 3.25. The fourth-order valence-corrected chi connectivity index (χ4v) is 1.69. The highest BCUT2D eigenvalue weighted by Crippen LogP contribution is 2.23. The summed E-state index contributed by atoms with van der Waals surface area (Å²) in [6.45, 7) is 8.82. The van der Waals surface area contributed by atoms with Crippen LogP contribution >= 0.6 is 0 Å². The van der Waals surface area contributed by atoms with Gasteiger partial charge in [-0.2, -0.15) is 0 Å². The van der Waals surface area contributed by atoms with E-state index in [1.54, 1.807) is 0 Å². The molecule has 0 bridgehead atoms. The lowest BCUT2D eigenvalue weighted by molar-refractivity contribution is 0.457. The van der Waals surface area contributed by atoms with Crippen molar-refractivity contribution < 1.29 is 0 Å². The second-order valence-electron chi connectivity index (χ2n) is 4.73. The van der Waals surface area contributed by atoms with Gasteiger partial charge in [-0.25, -0.2) is 0 Å². The van der Waals surface area contributed by atoms with Crippen LogP contribution in [0.15, 0.2) is 24.3 Å². The minimum Gasteiger partial charge on any atom is -0.324 e. The normalized spacial score (nSPS) is 15.3. The van der Waals surface area contributed by atoms with E-state index >= 15 is 0 Å². The maximum atomic E-state index is 6.18. The van der Waals surface area contributed by atoms with Crippen LogP contribution < -0.4 is 5.73 Å². The Hall–Kier alpha value is -0.820. The van der Waals surface area contributed by atoms with Gasteiger partial charge in [0, 0.05) is 6.04 Å². The van der Waals surface area contributed by atoms with E-state index in [-0.39, 0.29) is 6.04 Å². The van der Waals surface area contributed by atoms with Crippen molar-refractivity contribution in [2.24, 2.45) is 11.7 Å². The van der Waals surface area contributed by atoms with Crippen LogP contribution in [0.2, 0.25) is 0 Å². The van der Waals surface area contributed by atoms with E-state index in [4.69, 9.17) is 5.73 Å². The second-order valence-corrected chi connectivity index (χ2v) is 4.73. The summed E-state index contributed by atoms with van der Waals surface area (Å²) in [7, 11) is 0. The van der Waals surface area contributed by atoms with Gasteiger partial charge in [0.05, 0.1) is 0 Å². The van der Waals surface area contributed by atoms with E-state index in [0.717, 1.165) is 6.42 Å². The number of benzene rings is 1. The topological polar surface area (TPSA) is 26.0 Å². The van der Waals surface area contributed by atoms with Gasteiger partial charge in [-0.15, -0.1) is 0 Å². The molecule has 1 rings (SSSR count). The van der Waals surface area contributed by atoms with Crippen molar-refractivity contribution in [2.45, 2.75) is 46.1 Å².